The van der Waals surface area contributed by atoms with Crippen LogP contribution in [0.25, 0.3) is 10.8 Å². The Morgan fingerprint density at radius 3 is 2.19 bits per heavy atom. The van der Waals surface area contributed by atoms with E-state index in [9.17, 15) is 4.79 Å². The highest BCUT2D eigenvalue weighted by Crippen LogP contribution is 2.25. The number of hydrogen-bond acceptors (Lipinski definition) is 2. The third kappa shape index (κ3) is 3.57. The normalized spacial score (nSPS) is 12.0. The fourth-order valence-corrected chi connectivity index (χ4v) is 3.40. The van der Waals surface area contributed by atoms with Crippen LogP contribution >= 0.6 is 0 Å². The van der Waals surface area contributed by atoms with E-state index in [2.05, 4.69) is 54.7 Å². The molecule has 0 aromatic heterocycles. The topological polar surface area (TPSA) is 32.3 Å². The Bertz CT molecular complexity index is 938. The van der Waals surface area contributed by atoms with E-state index >= 15 is 0 Å². The van der Waals surface area contributed by atoms with E-state index in [-0.39, 0.29) is 11.9 Å². The summed E-state index contributed by atoms with van der Waals surface area (Å²) >= 11 is 0. The molecule has 3 nitrogen and oxygen atoms in total. The van der Waals surface area contributed by atoms with Crippen molar-refractivity contribution in [3.05, 3.63) is 71.3 Å². The maximum absolute atomic E-state index is 12.8. The van der Waals surface area contributed by atoms with E-state index in [0.717, 1.165) is 22.5 Å². The summed E-state index contributed by atoms with van der Waals surface area (Å²) in [6.07, 6.45) is 0. The van der Waals surface area contributed by atoms with Crippen molar-refractivity contribution in [1.82, 2.24) is 0 Å². The number of anilines is 2. The van der Waals surface area contributed by atoms with Gasteiger partial charge >= 0.3 is 0 Å². The van der Waals surface area contributed by atoms with Gasteiger partial charge in [0.25, 0.3) is 0 Å². The van der Waals surface area contributed by atoms with Gasteiger partial charge in [-0.2, -0.15) is 0 Å². The predicted octanol–water partition coefficient (Wildman–Crippen LogP) is 5.23. The molecule has 0 saturated heterocycles. The Labute approximate surface area is 155 Å². The first-order chi connectivity index (χ1) is 12.4. The fraction of sp³-hybridized carbons (Fsp3) is 0.261. The number of aryl methyl sites for hydroxylation is 3. The quantitative estimate of drug-likeness (QED) is 0.702. The average Bonchev–Trinajstić information content (AvgIpc) is 2.62. The number of carbonyl (C=O) groups is 1. The van der Waals surface area contributed by atoms with Gasteiger partial charge in [0.15, 0.2) is 0 Å². The van der Waals surface area contributed by atoms with Gasteiger partial charge < -0.3 is 10.2 Å². The molecule has 0 bridgehead atoms. The molecule has 1 N–H and O–H groups in total. The second-order valence-corrected chi connectivity index (χ2v) is 7.08. The number of carbonyl (C=O) groups excluding carboxylic acids is 1. The highest BCUT2D eigenvalue weighted by atomic mass is 16.2. The third-order valence-electron chi connectivity index (χ3n) is 5.03. The van der Waals surface area contributed by atoms with Crippen LogP contribution in [0.4, 0.5) is 11.4 Å². The second kappa shape index (κ2) is 7.20. The van der Waals surface area contributed by atoms with Crippen LogP contribution in [0.1, 0.15) is 23.6 Å². The van der Waals surface area contributed by atoms with Gasteiger partial charge in [-0.25, -0.2) is 0 Å². The molecule has 0 unspecified atom stereocenters. The Hall–Kier alpha value is -2.81. The van der Waals surface area contributed by atoms with Crippen molar-refractivity contribution in [3.8, 4) is 0 Å². The molecule has 0 heterocycles. The summed E-state index contributed by atoms with van der Waals surface area (Å²) in [6, 6.07) is 18.5. The summed E-state index contributed by atoms with van der Waals surface area (Å²) in [4.78, 5) is 14.8. The number of rotatable bonds is 4. The first-order valence-corrected chi connectivity index (χ1v) is 8.97. The highest BCUT2D eigenvalue weighted by molar-refractivity contribution is 5.98. The van der Waals surface area contributed by atoms with Crippen LogP contribution in [0.3, 0.4) is 0 Å². The van der Waals surface area contributed by atoms with E-state index < -0.39 is 0 Å². The molecule has 0 aliphatic heterocycles. The van der Waals surface area contributed by atoms with Gasteiger partial charge in [-0.15, -0.1) is 0 Å². The lowest BCUT2D eigenvalue weighted by atomic mass is 10.0. The van der Waals surface area contributed by atoms with Crippen molar-refractivity contribution in [3.63, 3.8) is 0 Å². The lowest BCUT2D eigenvalue weighted by molar-refractivity contribution is -0.117. The van der Waals surface area contributed by atoms with Gasteiger partial charge in [0.2, 0.25) is 5.91 Å². The molecular weight excluding hydrogens is 320 g/mol. The number of likely N-dealkylation sites (N-methyl/N-ethyl adjacent to an activating group) is 1. The first kappa shape index (κ1) is 18.0. The van der Waals surface area contributed by atoms with E-state index in [1.54, 1.807) is 0 Å². The summed E-state index contributed by atoms with van der Waals surface area (Å²) < 4.78 is 0. The molecule has 26 heavy (non-hydrogen) atoms. The van der Waals surface area contributed by atoms with Gasteiger partial charge in [0.05, 0.1) is 0 Å². The molecule has 1 atom stereocenters. The maximum Gasteiger partial charge on any atom is 0.246 e. The van der Waals surface area contributed by atoms with Crippen molar-refractivity contribution in [2.45, 2.75) is 33.7 Å². The molecule has 0 aliphatic carbocycles. The first-order valence-electron chi connectivity index (χ1n) is 8.97. The minimum Gasteiger partial charge on any atom is -0.363 e. The standard InChI is InChI=1S/C23H26N2O/c1-15-12-16(2)22(17(3)13-15)24-23(26)18(4)25(5)21-11-10-19-8-6-7-9-20(19)14-21/h6-14,18H,1-5H3,(H,24,26)/t18-/m1/s1. The lowest BCUT2D eigenvalue weighted by Gasteiger charge is -2.27. The molecule has 134 valence electrons. The molecule has 0 radical (unpaired) electrons. The molecule has 3 aromatic rings. The largest absolute Gasteiger partial charge is 0.363 e. The smallest absolute Gasteiger partial charge is 0.246 e. The van der Waals surface area contributed by atoms with Crippen LogP contribution in [-0.2, 0) is 4.79 Å². The predicted molar refractivity (Wildman–Crippen MR) is 111 cm³/mol. The highest BCUT2D eigenvalue weighted by Gasteiger charge is 2.20. The van der Waals surface area contributed by atoms with Gasteiger partial charge in [-0.1, -0.05) is 48.0 Å². The van der Waals surface area contributed by atoms with Gasteiger partial charge in [-0.05, 0) is 61.7 Å². The van der Waals surface area contributed by atoms with Gasteiger partial charge in [0, 0.05) is 18.4 Å². The number of benzene rings is 3. The Kier molecular flexibility index (Phi) is 4.99. The van der Waals surface area contributed by atoms with Crippen LogP contribution in [0, 0.1) is 20.8 Å². The molecular formula is C23H26N2O. The van der Waals surface area contributed by atoms with Gasteiger partial charge in [0.1, 0.15) is 6.04 Å². The van der Waals surface area contributed by atoms with Gasteiger partial charge in [-0.3, -0.25) is 4.79 Å². The minimum atomic E-state index is -0.281. The van der Waals surface area contributed by atoms with E-state index in [1.807, 2.05) is 44.9 Å². The zero-order valence-electron chi connectivity index (χ0n) is 16.1. The van der Waals surface area contributed by atoms with Crippen LogP contribution in [0.5, 0.6) is 0 Å². The van der Waals surface area contributed by atoms with Crippen molar-refractivity contribution >= 4 is 28.1 Å². The molecule has 3 heteroatoms. The summed E-state index contributed by atoms with van der Waals surface area (Å²) in [5.74, 6) is -0.00397. The maximum atomic E-state index is 12.8. The van der Waals surface area contributed by atoms with Crippen LogP contribution < -0.4 is 10.2 Å². The van der Waals surface area contributed by atoms with E-state index in [1.165, 1.54) is 16.3 Å². The van der Waals surface area contributed by atoms with Crippen molar-refractivity contribution in [1.29, 1.82) is 0 Å². The second-order valence-electron chi connectivity index (χ2n) is 7.08. The van der Waals surface area contributed by atoms with Crippen LogP contribution in [0.2, 0.25) is 0 Å². The molecule has 0 fully saturated rings. The zero-order valence-corrected chi connectivity index (χ0v) is 16.1. The molecule has 3 aromatic carbocycles. The molecule has 3 rings (SSSR count). The summed E-state index contributed by atoms with van der Waals surface area (Å²) in [7, 11) is 1.96. The zero-order chi connectivity index (χ0) is 18.8. The molecule has 1 amide bonds. The van der Waals surface area contributed by atoms with Crippen molar-refractivity contribution < 1.29 is 4.79 Å². The average molecular weight is 346 g/mol. The van der Waals surface area contributed by atoms with Crippen molar-refractivity contribution in [2.75, 3.05) is 17.3 Å². The fourth-order valence-electron chi connectivity index (χ4n) is 3.40. The van der Waals surface area contributed by atoms with E-state index in [4.69, 9.17) is 0 Å². The Morgan fingerprint density at radius 1 is 0.923 bits per heavy atom. The third-order valence-corrected chi connectivity index (χ3v) is 5.03. The SMILES string of the molecule is Cc1cc(C)c(NC(=O)[C@@H](C)N(C)c2ccc3ccccc3c2)c(C)c1. The number of nitrogens with zero attached hydrogens (tertiary/aromatic N) is 1. The number of nitrogens with one attached hydrogen (secondary N) is 1. The Balaban J connectivity index is 1.81. The van der Waals surface area contributed by atoms with Crippen LogP contribution in [-0.4, -0.2) is 19.0 Å². The number of amides is 1. The summed E-state index contributed by atoms with van der Waals surface area (Å²) in [5.41, 5.74) is 5.34. The Morgan fingerprint density at radius 2 is 1.54 bits per heavy atom. The van der Waals surface area contributed by atoms with E-state index in [0.29, 0.717) is 0 Å². The number of fused-ring (bicyclic) bond motifs is 1. The lowest BCUT2D eigenvalue weighted by Crippen LogP contribution is -2.39. The molecule has 0 spiro atoms. The molecule has 0 aliphatic rings. The van der Waals surface area contributed by atoms with Crippen LogP contribution in [0.15, 0.2) is 54.6 Å². The monoisotopic (exact) mass is 346 g/mol. The summed E-state index contributed by atoms with van der Waals surface area (Å²) in [5, 5.41) is 5.49. The molecule has 0 saturated carbocycles. The number of hydrogen-bond donors (Lipinski definition) is 1. The minimum absolute atomic E-state index is 0.00397. The van der Waals surface area contributed by atoms with Crippen molar-refractivity contribution in [2.24, 2.45) is 0 Å². The summed E-state index contributed by atoms with van der Waals surface area (Å²) in [6.45, 7) is 8.08.